The summed E-state index contributed by atoms with van der Waals surface area (Å²) >= 11 is 1.00. The zero-order chi connectivity index (χ0) is 9.14. The minimum Gasteiger partial charge on any atom is -0.458 e. The Morgan fingerprint density at radius 3 is 2.75 bits per heavy atom. The van der Waals surface area contributed by atoms with Crippen molar-refractivity contribution in [1.82, 2.24) is 4.98 Å². The molecule has 0 bridgehead atoms. The molecule has 0 aliphatic rings. The Morgan fingerprint density at radius 1 is 1.67 bits per heavy atom. The van der Waals surface area contributed by atoms with Gasteiger partial charge >= 0.3 is 5.97 Å². The molecule has 0 spiro atoms. The first-order valence-electron chi connectivity index (χ1n) is 3.43. The largest absolute Gasteiger partial charge is 0.458 e. The van der Waals surface area contributed by atoms with Crippen molar-refractivity contribution in [2.24, 2.45) is 0 Å². The number of thiazole rings is 1. The van der Waals surface area contributed by atoms with Crippen LogP contribution in [0.1, 0.15) is 23.6 Å². The summed E-state index contributed by atoms with van der Waals surface area (Å²) in [5.41, 5.74) is 0. The molecule has 1 aromatic rings. The van der Waals surface area contributed by atoms with Gasteiger partial charge in [0.2, 0.25) is 5.01 Å². The summed E-state index contributed by atoms with van der Waals surface area (Å²) in [7, 11) is 0. The van der Waals surface area contributed by atoms with Gasteiger partial charge in [-0.25, -0.2) is 4.79 Å². The maximum Gasteiger partial charge on any atom is 0.367 e. The van der Waals surface area contributed by atoms with Gasteiger partial charge in [0.25, 0.3) is 5.88 Å². The minimum atomic E-state index is -0.530. The summed E-state index contributed by atoms with van der Waals surface area (Å²) in [4.78, 5) is 14.5. The van der Waals surface area contributed by atoms with Crippen LogP contribution in [0.25, 0.3) is 0 Å². The van der Waals surface area contributed by atoms with E-state index in [4.69, 9.17) is 4.74 Å². The average molecular weight is 186 g/mol. The molecule has 0 fully saturated rings. The van der Waals surface area contributed by atoms with E-state index in [-0.39, 0.29) is 11.1 Å². The number of esters is 1. The van der Waals surface area contributed by atoms with Gasteiger partial charge in [0.05, 0.1) is 11.5 Å². The molecule has 1 aromatic heterocycles. The van der Waals surface area contributed by atoms with Gasteiger partial charge in [0, 0.05) is 0 Å². The van der Waals surface area contributed by atoms with Crippen molar-refractivity contribution in [2.45, 2.75) is 20.0 Å². The number of aromatic nitrogens is 1. The van der Waals surface area contributed by atoms with Crippen molar-refractivity contribution in [1.29, 1.82) is 0 Å². The standard InChI is InChI=1S/C7H8NO3S/c1-4(2)11-7(10)6-8-5(9)3-12-6/h3-4H,1-2H3. The van der Waals surface area contributed by atoms with E-state index in [0.29, 0.717) is 0 Å². The summed E-state index contributed by atoms with van der Waals surface area (Å²) in [6.07, 6.45) is -0.184. The quantitative estimate of drug-likeness (QED) is 0.662. The molecule has 0 atom stereocenters. The van der Waals surface area contributed by atoms with Crippen molar-refractivity contribution >= 4 is 17.3 Å². The normalized spacial score (nSPS) is 10.2. The van der Waals surface area contributed by atoms with E-state index in [9.17, 15) is 9.90 Å². The lowest BCUT2D eigenvalue weighted by atomic mass is 10.5. The van der Waals surface area contributed by atoms with E-state index in [0.717, 1.165) is 11.3 Å². The predicted molar refractivity (Wildman–Crippen MR) is 42.8 cm³/mol. The zero-order valence-corrected chi connectivity index (χ0v) is 7.55. The molecular formula is C7H8NO3S. The molecule has 0 aliphatic heterocycles. The number of carbonyl (C=O) groups excluding carboxylic acids is 1. The minimum absolute atomic E-state index is 0.119. The van der Waals surface area contributed by atoms with Crippen molar-refractivity contribution in [2.75, 3.05) is 0 Å². The number of carbonyl (C=O) groups is 1. The van der Waals surface area contributed by atoms with Crippen LogP contribution in [0.3, 0.4) is 0 Å². The first-order chi connectivity index (χ1) is 5.59. The molecule has 1 heterocycles. The fraction of sp³-hybridized carbons (Fsp3) is 0.429. The summed E-state index contributed by atoms with van der Waals surface area (Å²) in [5, 5.41) is 12.0. The molecule has 0 aromatic carbocycles. The number of hydrogen-bond donors (Lipinski definition) is 0. The van der Waals surface area contributed by atoms with Crippen LogP contribution in [0.5, 0.6) is 5.88 Å². The van der Waals surface area contributed by atoms with Crippen molar-refractivity contribution in [3.8, 4) is 5.88 Å². The summed E-state index contributed by atoms with van der Waals surface area (Å²) in [6, 6.07) is 0. The van der Waals surface area contributed by atoms with Crippen LogP contribution >= 0.6 is 11.3 Å². The molecule has 0 unspecified atom stereocenters. The van der Waals surface area contributed by atoms with Gasteiger partial charge < -0.3 is 4.74 Å². The van der Waals surface area contributed by atoms with E-state index in [2.05, 4.69) is 4.98 Å². The fourth-order valence-corrected chi connectivity index (χ4v) is 1.17. The lowest BCUT2D eigenvalue weighted by Crippen LogP contribution is -2.10. The zero-order valence-electron chi connectivity index (χ0n) is 6.73. The Hall–Kier alpha value is -1.10. The van der Waals surface area contributed by atoms with Gasteiger partial charge in [-0.2, -0.15) is 4.98 Å². The van der Waals surface area contributed by atoms with Crippen LogP contribution in [-0.4, -0.2) is 17.1 Å². The summed E-state index contributed by atoms with van der Waals surface area (Å²) in [6.45, 7) is 3.48. The highest BCUT2D eigenvalue weighted by atomic mass is 32.1. The molecule has 0 saturated heterocycles. The number of rotatable bonds is 2. The van der Waals surface area contributed by atoms with E-state index in [1.165, 1.54) is 5.38 Å². The first-order valence-corrected chi connectivity index (χ1v) is 4.31. The number of ether oxygens (including phenoxy) is 1. The highest BCUT2D eigenvalue weighted by Gasteiger charge is 2.13. The molecule has 1 radical (unpaired) electrons. The molecule has 1 rings (SSSR count). The van der Waals surface area contributed by atoms with Crippen LogP contribution in [-0.2, 0) is 9.84 Å². The van der Waals surface area contributed by atoms with Gasteiger partial charge in [-0.3, -0.25) is 5.11 Å². The predicted octanol–water partition coefficient (Wildman–Crippen LogP) is 1.85. The molecule has 4 nitrogen and oxygen atoms in total. The van der Waals surface area contributed by atoms with E-state index >= 15 is 0 Å². The Bertz CT molecular complexity index is 282. The SMILES string of the molecule is CC(C)OC(=O)c1nc([O])cs1. The molecule has 0 aliphatic carbocycles. The second kappa shape index (κ2) is 3.53. The van der Waals surface area contributed by atoms with Crippen molar-refractivity contribution < 1.29 is 14.6 Å². The summed E-state index contributed by atoms with van der Waals surface area (Å²) in [5.74, 6) is -0.923. The Morgan fingerprint density at radius 2 is 2.33 bits per heavy atom. The molecule has 0 amide bonds. The number of nitrogens with zero attached hydrogens (tertiary/aromatic N) is 1. The molecule has 0 saturated carbocycles. The van der Waals surface area contributed by atoms with Gasteiger partial charge in [0.1, 0.15) is 0 Å². The Kier molecular flexibility index (Phi) is 2.65. The fourth-order valence-electron chi connectivity index (χ4n) is 0.617. The van der Waals surface area contributed by atoms with Gasteiger partial charge in [-0.05, 0) is 13.8 Å². The monoisotopic (exact) mass is 186 g/mol. The third-order valence-corrected chi connectivity index (χ3v) is 1.80. The first kappa shape index (κ1) is 8.99. The third-order valence-electron chi connectivity index (χ3n) is 1.00. The maximum atomic E-state index is 11.1. The molecule has 5 heteroatoms. The lowest BCUT2D eigenvalue weighted by Gasteiger charge is -2.04. The van der Waals surface area contributed by atoms with E-state index in [1.807, 2.05) is 0 Å². The van der Waals surface area contributed by atoms with Crippen LogP contribution in [0.15, 0.2) is 5.38 Å². The second-order valence-corrected chi connectivity index (χ2v) is 3.30. The van der Waals surface area contributed by atoms with Crippen LogP contribution in [0.4, 0.5) is 0 Å². The van der Waals surface area contributed by atoms with E-state index < -0.39 is 11.8 Å². The second-order valence-electron chi connectivity index (χ2n) is 2.44. The van der Waals surface area contributed by atoms with Gasteiger partial charge in [0.15, 0.2) is 0 Å². The summed E-state index contributed by atoms with van der Waals surface area (Å²) < 4.78 is 4.82. The van der Waals surface area contributed by atoms with Gasteiger partial charge in [-0.15, -0.1) is 11.3 Å². The van der Waals surface area contributed by atoms with Gasteiger partial charge in [-0.1, -0.05) is 0 Å². The van der Waals surface area contributed by atoms with Crippen molar-refractivity contribution in [3.63, 3.8) is 0 Å². The Labute approximate surface area is 73.8 Å². The average Bonchev–Trinajstić information content (AvgIpc) is 2.34. The lowest BCUT2D eigenvalue weighted by molar-refractivity contribution is 0.0376. The highest BCUT2D eigenvalue weighted by molar-refractivity contribution is 7.11. The smallest absolute Gasteiger partial charge is 0.367 e. The maximum absolute atomic E-state index is 11.1. The van der Waals surface area contributed by atoms with Crippen molar-refractivity contribution in [3.05, 3.63) is 10.4 Å². The van der Waals surface area contributed by atoms with E-state index in [1.54, 1.807) is 13.8 Å². The highest BCUT2D eigenvalue weighted by Crippen LogP contribution is 2.16. The van der Waals surface area contributed by atoms with Crippen LogP contribution in [0.2, 0.25) is 0 Å². The molecular weight excluding hydrogens is 178 g/mol. The molecule has 0 N–H and O–H groups in total. The van der Waals surface area contributed by atoms with Crippen LogP contribution in [0, 0.1) is 0 Å². The Balaban J connectivity index is 2.65. The molecule has 65 valence electrons. The molecule has 12 heavy (non-hydrogen) atoms. The van der Waals surface area contributed by atoms with Crippen LogP contribution < -0.4 is 0 Å². The topological polar surface area (TPSA) is 59.1 Å². The third kappa shape index (κ3) is 2.20. The number of hydrogen-bond acceptors (Lipinski definition) is 4.